The molecule has 4 heteroatoms. The van der Waals surface area contributed by atoms with Crippen molar-refractivity contribution >= 4 is 11.7 Å². The Bertz CT molecular complexity index is 704. The van der Waals surface area contributed by atoms with Crippen molar-refractivity contribution < 1.29 is 4.79 Å². The lowest BCUT2D eigenvalue weighted by atomic mass is 10.1. The van der Waals surface area contributed by atoms with E-state index in [9.17, 15) is 4.79 Å². The van der Waals surface area contributed by atoms with Gasteiger partial charge in [0.2, 0.25) is 5.91 Å². The van der Waals surface area contributed by atoms with E-state index < -0.39 is 0 Å². The molecule has 2 aromatic heterocycles. The summed E-state index contributed by atoms with van der Waals surface area (Å²) in [6, 6.07) is 7.76. The Morgan fingerprint density at radius 1 is 1.23 bits per heavy atom. The highest BCUT2D eigenvalue weighted by molar-refractivity contribution is 5.94. The number of hydrogen-bond donors (Lipinski definition) is 1. The van der Waals surface area contributed by atoms with E-state index in [-0.39, 0.29) is 11.8 Å². The number of pyridine rings is 2. The molecule has 22 heavy (non-hydrogen) atoms. The number of hydrogen-bond acceptors (Lipinski definition) is 3. The average molecular weight is 293 g/mol. The van der Waals surface area contributed by atoms with Gasteiger partial charge in [0.25, 0.3) is 0 Å². The van der Waals surface area contributed by atoms with Gasteiger partial charge in [0, 0.05) is 23.9 Å². The van der Waals surface area contributed by atoms with Crippen LogP contribution in [0.5, 0.6) is 0 Å². The number of anilines is 1. The highest BCUT2D eigenvalue weighted by Crippen LogP contribution is 2.57. The van der Waals surface area contributed by atoms with Crippen LogP contribution in [0.15, 0.2) is 36.7 Å². The molecule has 2 aliphatic rings. The van der Waals surface area contributed by atoms with Gasteiger partial charge in [0.05, 0.1) is 5.69 Å². The fourth-order valence-electron chi connectivity index (χ4n) is 3.81. The number of carbonyl (C=O) groups is 1. The molecule has 4 rings (SSSR count). The predicted octanol–water partition coefficient (Wildman–Crippen LogP) is 3.44. The summed E-state index contributed by atoms with van der Waals surface area (Å²) < 4.78 is 0. The molecule has 0 aromatic carbocycles. The first kappa shape index (κ1) is 13.4. The third-order valence-electron chi connectivity index (χ3n) is 5.00. The molecule has 2 aliphatic carbocycles. The Balaban J connectivity index is 1.54. The second-order valence-corrected chi connectivity index (χ2v) is 6.37. The Hall–Kier alpha value is -2.23. The maximum absolute atomic E-state index is 12.4. The standard InChI is InChI=1S/C18H19N3O/c1-11-10-20-16(9-14(11)15-7-2-3-8-19-15)21-18(22)17-12-5-4-6-13(12)17/h2-3,7-10,12-13,17H,4-6H2,1H3,(H,20,21,22). The highest BCUT2D eigenvalue weighted by Gasteiger charge is 2.56. The van der Waals surface area contributed by atoms with Crippen molar-refractivity contribution in [2.45, 2.75) is 26.2 Å². The summed E-state index contributed by atoms with van der Waals surface area (Å²) in [5.74, 6) is 2.23. The van der Waals surface area contributed by atoms with E-state index in [2.05, 4.69) is 15.3 Å². The van der Waals surface area contributed by atoms with Crippen molar-refractivity contribution in [3.8, 4) is 11.3 Å². The molecule has 2 aromatic rings. The van der Waals surface area contributed by atoms with Crippen LogP contribution in [0.3, 0.4) is 0 Å². The molecule has 1 amide bonds. The minimum atomic E-state index is 0.137. The number of aromatic nitrogens is 2. The van der Waals surface area contributed by atoms with Gasteiger partial charge in [0.15, 0.2) is 0 Å². The summed E-state index contributed by atoms with van der Waals surface area (Å²) in [4.78, 5) is 21.1. The van der Waals surface area contributed by atoms with Crippen LogP contribution in [0.25, 0.3) is 11.3 Å². The molecule has 2 unspecified atom stereocenters. The van der Waals surface area contributed by atoms with E-state index in [0.29, 0.717) is 17.7 Å². The summed E-state index contributed by atoms with van der Waals surface area (Å²) in [5.41, 5.74) is 2.98. The molecule has 0 aliphatic heterocycles. The monoisotopic (exact) mass is 293 g/mol. The van der Waals surface area contributed by atoms with E-state index in [1.165, 1.54) is 19.3 Å². The molecule has 2 atom stereocenters. The van der Waals surface area contributed by atoms with Crippen LogP contribution in [0, 0.1) is 24.7 Å². The number of nitrogens with one attached hydrogen (secondary N) is 1. The Morgan fingerprint density at radius 2 is 2.05 bits per heavy atom. The maximum atomic E-state index is 12.4. The molecule has 0 radical (unpaired) electrons. The third kappa shape index (κ3) is 2.28. The topological polar surface area (TPSA) is 54.9 Å². The van der Waals surface area contributed by atoms with Gasteiger partial charge in [-0.3, -0.25) is 9.78 Å². The molecule has 0 saturated heterocycles. The third-order valence-corrected chi connectivity index (χ3v) is 5.00. The van der Waals surface area contributed by atoms with Crippen LogP contribution in [-0.4, -0.2) is 15.9 Å². The van der Waals surface area contributed by atoms with Crippen LogP contribution in [0.4, 0.5) is 5.82 Å². The SMILES string of the molecule is Cc1cnc(NC(=O)C2C3CCCC32)cc1-c1ccccn1. The lowest BCUT2D eigenvalue weighted by Gasteiger charge is -2.09. The molecule has 0 bridgehead atoms. The summed E-state index contributed by atoms with van der Waals surface area (Å²) >= 11 is 0. The Kier molecular flexibility index (Phi) is 3.17. The van der Waals surface area contributed by atoms with Crippen LogP contribution >= 0.6 is 0 Å². The molecule has 0 spiro atoms. The minimum Gasteiger partial charge on any atom is -0.310 e. The summed E-state index contributed by atoms with van der Waals surface area (Å²) in [6.07, 6.45) is 7.28. The molecule has 112 valence electrons. The fraction of sp³-hybridized carbons (Fsp3) is 0.389. The van der Waals surface area contributed by atoms with Gasteiger partial charge < -0.3 is 5.32 Å². The molecule has 1 N–H and O–H groups in total. The van der Waals surface area contributed by atoms with Crippen molar-refractivity contribution in [3.63, 3.8) is 0 Å². The van der Waals surface area contributed by atoms with Crippen molar-refractivity contribution in [3.05, 3.63) is 42.2 Å². The quantitative estimate of drug-likeness (QED) is 0.943. The first-order chi connectivity index (χ1) is 10.7. The predicted molar refractivity (Wildman–Crippen MR) is 85.2 cm³/mol. The van der Waals surface area contributed by atoms with Crippen molar-refractivity contribution in [2.24, 2.45) is 17.8 Å². The van der Waals surface area contributed by atoms with Crippen LogP contribution in [0.2, 0.25) is 0 Å². The Labute approximate surface area is 130 Å². The lowest BCUT2D eigenvalue weighted by Crippen LogP contribution is -2.17. The molecule has 2 heterocycles. The normalized spacial score (nSPS) is 25.6. The minimum absolute atomic E-state index is 0.137. The van der Waals surface area contributed by atoms with Crippen molar-refractivity contribution in [1.82, 2.24) is 9.97 Å². The van der Waals surface area contributed by atoms with Gasteiger partial charge in [-0.05, 0) is 55.4 Å². The number of rotatable bonds is 3. The Morgan fingerprint density at radius 3 is 2.77 bits per heavy atom. The molecule has 2 saturated carbocycles. The van der Waals surface area contributed by atoms with Gasteiger partial charge in [0.1, 0.15) is 5.82 Å². The van der Waals surface area contributed by atoms with Crippen molar-refractivity contribution in [1.29, 1.82) is 0 Å². The first-order valence-electron chi connectivity index (χ1n) is 7.93. The van der Waals surface area contributed by atoms with E-state index in [1.54, 1.807) is 12.4 Å². The maximum Gasteiger partial charge on any atom is 0.229 e. The molecule has 2 fully saturated rings. The zero-order valence-corrected chi connectivity index (χ0v) is 12.6. The molecule has 4 nitrogen and oxygen atoms in total. The number of aryl methyl sites for hydroxylation is 1. The van der Waals surface area contributed by atoms with E-state index >= 15 is 0 Å². The van der Waals surface area contributed by atoms with E-state index in [1.807, 2.05) is 31.2 Å². The number of nitrogens with zero attached hydrogens (tertiary/aromatic N) is 2. The van der Waals surface area contributed by atoms with E-state index in [4.69, 9.17) is 0 Å². The largest absolute Gasteiger partial charge is 0.310 e. The molecular weight excluding hydrogens is 274 g/mol. The average Bonchev–Trinajstić information content (AvgIpc) is 3.03. The van der Waals surface area contributed by atoms with Gasteiger partial charge in [-0.25, -0.2) is 4.98 Å². The smallest absolute Gasteiger partial charge is 0.229 e. The zero-order chi connectivity index (χ0) is 15.1. The zero-order valence-electron chi connectivity index (χ0n) is 12.6. The second-order valence-electron chi connectivity index (χ2n) is 6.37. The van der Waals surface area contributed by atoms with Gasteiger partial charge in [-0.1, -0.05) is 12.5 Å². The van der Waals surface area contributed by atoms with Gasteiger partial charge in [-0.2, -0.15) is 0 Å². The summed E-state index contributed by atoms with van der Waals surface area (Å²) in [7, 11) is 0. The highest BCUT2D eigenvalue weighted by atomic mass is 16.2. The van der Waals surface area contributed by atoms with Crippen LogP contribution in [0.1, 0.15) is 24.8 Å². The first-order valence-corrected chi connectivity index (χ1v) is 7.93. The van der Waals surface area contributed by atoms with Crippen molar-refractivity contribution in [2.75, 3.05) is 5.32 Å². The second kappa shape index (κ2) is 5.20. The van der Waals surface area contributed by atoms with Crippen LogP contribution < -0.4 is 5.32 Å². The van der Waals surface area contributed by atoms with Gasteiger partial charge >= 0.3 is 0 Å². The molecular formula is C18H19N3O. The van der Waals surface area contributed by atoms with Crippen LogP contribution in [-0.2, 0) is 4.79 Å². The van der Waals surface area contributed by atoms with Gasteiger partial charge in [-0.15, -0.1) is 0 Å². The fourth-order valence-corrected chi connectivity index (χ4v) is 3.81. The summed E-state index contributed by atoms with van der Waals surface area (Å²) in [6.45, 7) is 2.01. The number of fused-ring (bicyclic) bond motifs is 1. The number of amides is 1. The lowest BCUT2D eigenvalue weighted by molar-refractivity contribution is -0.118. The van der Waals surface area contributed by atoms with E-state index in [0.717, 1.165) is 16.8 Å². The number of carbonyl (C=O) groups excluding carboxylic acids is 1. The summed E-state index contributed by atoms with van der Waals surface area (Å²) in [5, 5.41) is 2.99.